The van der Waals surface area contributed by atoms with E-state index in [-0.39, 0.29) is 23.0 Å². The van der Waals surface area contributed by atoms with Crippen molar-refractivity contribution in [3.05, 3.63) is 70.8 Å². The van der Waals surface area contributed by atoms with Gasteiger partial charge in [0.2, 0.25) is 0 Å². The van der Waals surface area contributed by atoms with Gasteiger partial charge in [0.25, 0.3) is 0 Å². The van der Waals surface area contributed by atoms with Gasteiger partial charge >= 0.3 is 16.5 Å². The van der Waals surface area contributed by atoms with Crippen LogP contribution >= 0.6 is 16.5 Å². The largest absolute Gasteiger partial charge is 0.497 e. The van der Waals surface area contributed by atoms with Crippen LogP contribution in [0.4, 0.5) is 0 Å². The Morgan fingerprint density at radius 1 is 0.473 bits per heavy atom. The maximum absolute atomic E-state index is 6.74. The SMILES string of the molecule is COc1cc(C)c2op(O[C@H](C)C[C@@H](C)Op3oc4c(C)cc(OC)cc4c4cc(OC)cc(C(C)(C)C)c4o3)oc3c(C(C)(C)C)cc(OC)cc3c2c1. The lowest BCUT2D eigenvalue weighted by Crippen LogP contribution is -2.21. The molecule has 0 spiro atoms. The highest BCUT2D eigenvalue weighted by atomic mass is 31.1. The van der Waals surface area contributed by atoms with Crippen LogP contribution in [0.25, 0.3) is 43.9 Å². The fourth-order valence-electron chi connectivity index (χ4n) is 6.78. The summed E-state index contributed by atoms with van der Waals surface area (Å²) >= 11 is 0. The first-order valence-electron chi connectivity index (χ1n) is 18.4. The van der Waals surface area contributed by atoms with E-state index in [9.17, 15) is 0 Å². The number of hydrogen-bond acceptors (Lipinski definition) is 10. The standard InChI is InChI=1S/C43H54O10P2/c1-24-15-28(44-11)18-32-34-20-30(46-13)22-36(42(5,6)7)40(34)52-54(50-38(24)32)48-26(3)17-27(4)49-55-51-39-25(2)16-29(45-12)19-33(39)35-21-31(47-14)23-37(41(35)53-55)43(8,9)10/h15-16,18-23,26-27H,17H2,1-14H3/t26-,27-,54?,55?/m1/s1. The van der Waals surface area contributed by atoms with Crippen molar-refractivity contribution >= 4 is 60.4 Å². The van der Waals surface area contributed by atoms with Gasteiger partial charge in [-0.25, -0.2) is 0 Å². The summed E-state index contributed by atoms with van der Waals surface area (Å²) in [5, 5.41) is 3.40. The second kappa shape index (κ2) is 15.7. The molecule has 296 valence electrons. The molecule has 2 heterocycles. The Bertz CT molecular complexity index is 2280. The summed E-state index contributed by atoms with van der Waals surface area (Å²) in [6.07, 6.45) is -0.158. The summed E-state index contributed by atoms with van der Waals surface area (Å²) in [7, 11) is 2.88. The lowest BCUT2D eigenvalue weighted by atomic mass is 9.85. The van der Waals surface area contributed by atoms with E-state index in [1.165, 1.54) is 0 Å². The second-order valence-electron chi connectivity index (χ2n) is 16.1. The van der Waals surface area contributed by atoms with Gasteiger partial charge in [0.1, 0.15) is 45.3 Å². The first-order chi connectivity index (χ1) is 25.9. The molecule has 0 saturated carbocycles. The van der Waals surface area contributed by atoms with Gasteiger partial charge in [0.05, 0.1) is 40.6 Å². The molecule has 2 aromatic heterocycles. The van der Waals surface area contributed by atoms with E-state index in [1.807, 2.05) is 76.2 Å². The highest BCUT2D eigenvalue weighted by Gasteiger charge is 2.26. The van der Waals surface area contributed by atoms with Gasteiger partial charge < -0.3 is 35.7 Å². The molecular formula is C43H54O10P2. The van der Waals surface area contributed by atoms with Gasteiger partial charge in [0.15, 0.2) is 0 Å². The Balaban J connectivity index is 1.42. The maximum atomic E-state index is 6.74. The molecule has 0 saturated heterocycles. The monoisotopic (exact) mass is 792 g/mol. The Hall–Kier alpha value is -4.20. The molecule has 0 aliphatic heterocycles. The number of fused-ring (bicyclic) bond motifs is 6. The van der Waals surface area contributed by atoms with Crippen LogP contribution in [-0.2, 0) is 10.8 Å². The summed E-state index contributed by atoms with van der Waals surface area (Å²) in [4.78, 5) is 0. The fourth-order valence-corrected chi connectivity index (χ4v) is 9.26. The van der Waals surface area contributed by atoms with E-state index in [1.54, 1.807) is 28.4 Å². The third-order valence-corrected chi connectivity index (χ3v) is 12.0. The van der Waals surface area contributed by atoms with Crippen molar-refractivity contribution < 1.29 is 44.8 Å². The van der Waals surface area contributed by atoms with Crippen LogP contribution in [0.2, 0.25) is 0 Å². The molecule has 4 atom stereocenters. The topological polar surface area (TPSA) is 108 Å². The van der Waals surface area contributed by atoms with Crippen LogP contribution in [0.3, 0.4) is 0 Å². The molecule has 0 amide bonds. The van der Waals surface area contributed by atoms with Crippen LogP contribution in [0.15, 0.2) is 65.3 Å². The van der Waals surface area contributed by atoms with Crippen LogP contribution in [0, 0.1) is 13.8 Å². The Kier molecular flexibility index (Phi) is 11.6. The minimum absolute atomic E-state index is 0.272. The zero-order valence-corrected chi connectivity index (χ0v) is 36.2. The van der Waals surface area contributed by atoms with E-state index in [4.69, 9.17) is 44.8 Å². The van der Waals surface area contributed by atoms with Crippen molar-refractivity contribution in [3.8, 4) is 23.0 Å². The molecule has 6 rings (SSSR count). The first kappa shape index (κ1) is 40.5. The average molecular weight is 793 g/mol. The van der Waals surface area contributed by atoms with Crippen LogP contribution in [0.1, 0.15) is 84.1 Å². The molecule has 10 nitrogen and oxygen atoms in total. The molecule has 0 radical (unpaired) electrons. The molecule has 12 heteroatoms. The van der Waals surface area contributed by atoms with Gasteiger partial charge in [-0.15, -0.1) is 0 Å². The van der Waals surface area contributed by atoms with Crippen LogP contribution < -0.4 is 28.0 Å². The van der Waals surface area contributed by atoms with Gasteiger partial charge in [0, 0.05) is 39.1 Å². The zero-order valence-electron chi connectivity index (χ0n) is 34.5. The average Bonchev–Trinajstić information content (AvgIpc) is 3.37. The molecule has 0 bridgehead atoms. The summed E-state index contributed by atoms with van der Waals surface area (Å²) in [6.45, 7) is 20.9. The second-order valence-corrected chi connectivity index (χ2v) is 18.2. The van der Waals surface area contributed by atoms with E-state index in [0.717, 1.165) is 66.8 Å². The predicted octanol–water partition coefficient (Wildman–Crippen LogP) is 12.9. The van der Waals surface area contributed by atoms with E-state index < -0.39 is 16.5 Å². The number of hydrogen-bond donors (Lipinski definition) is 0. The summed E-state index contributed by atoms with van der Waals surface area (Å²) < 4.78 is 62.8. The predicted molar refractivity (Wildman–Crippen MR) is 222 cm³/mol. The smallest absolute Gasteiger partial charge is 0.387 e. The Morgan fingerprint density at radius 2 is 0.764 bits per heavy atom. The lowest BCUT2D eigenvalue weighted by molar-refractivity contribution is 0.184. The number of ether oxygens (including phenoxy) is 4. The van der Waals surface area contributed by atoms with Gasteiger partial charge in [-0.05, 0) is 98.2 Å². The number of rotatable bonds is 10. The number of aryl methyl sites for hydroxylation is 2. The first-order valence-corrected chi connectivity index (χ1v) is 20.6. The van der Waals surface area contributed by atoms with Crippen molar-refractivity contribution in [2.24, 2.45) is 0 Å². The van der Waals surface area contributed by atoms with E-state index in [2.05, 4.69) is 41.5 Å². The molecular weight excluding hydrogens is 738 g/mol. The highest BCUT2D eigenvalue weighted by molar-refractivity contribution is 7.32. The van der Waals surface area contributed by atoms with Gasteiger partial charge in [-0.3, -0.25) is 9.05 Å². The van der Waals surface area contributed by atoms with Crippen molar-refractivity contribution in [2.45, 2.75) is 98.7 Å². The minimum Gasteiger partial charge on any atom is -0.497 e. The van der Waals surface area contributed by atoms with Crippen LogP contribution in [-0.4, -0.2) is 40.6 Å². The minimum atomic E-state index is -1.89. The summed E-state index contributed by atoms with van der Waals surface area (Å²) in [5.74, 6) is 2.89. The van der Waals surface area contributed by atoms with Crippen LogP contribution in [0.5, 0.6) is 23.0 Å². The van der Waals surface area contributed by atoms with Gasteiger partial charge in [-0.1, -0.05) is 41.5 Å². The van der Waals surface area contributed by atoms with Crippen molar-refractivity contribution in [2.75, 3.05) is 28.4 Å². The molecule has 0 aliphatic rings. The summed E-state index contributed by atoms with van der Waals surface area (Å²) in [6, 6.07) is 15.8. The normalized spacial score (nSPS) is 14.0. The molecule has 4 aromatic carbocycles. The van der Waals surface area contributed by atoms with Crippen molar-refractivity contribution in [1.82, 2.24) is 0 Å². The third kappa shape index (κ3) is 8.49. The van der Waals surface area contributed by atoms with E-state index in [0.29, 0.717) is 28.8 Å². The van der Waals surface area contributed by atoms with E-state index >= 15 is 0 Å². The molecule has 55 heavy (non-hydrogen) atoms. The molecule has 0 N–H and O–H groups in total. The van der Waals surface area contributed by atoms with Crippen molar-refractivity contribution in [1.29, 1.82) is 0 Å². The summed E-state index contributed by atoms with van der Waals surface area (Å²) in [5.41, 5.74) is 5.95. The van der Waals surface area contributed by atoms with Crippen molar-refractivity contribution in [3.63, 3.8) is 0 Å². The quantitative estimate of drug-likeness (QED) is 0.133. The zero-order chi connectivity index (χ0) is 40.0. The maximum Gasteiger partial charge on any atom is 0.387 e. The van der Waals surface area contributed by atoms with Gasteiger partial charge in [-0.2, -0.15) is 0 Å². The number of methoxy groups -OCH3 is 4. The number of benzene rings is 4. The Morgan fingerprint density at radius 3 is 1.07 bits per heavy atom. The molecule has 2 unspecified atom stereocenters. The molecule has 0 fully saturated rings. The molecule has 6 aromatic rings. The third-order valence-electron chi connectivity index (χ3n) is 9.62. The fraction of sp³-hybridized carbons (Fsp3) is 0.442. The molecule has 0 aliphatic carbocycles. The lowest BCUT2D eigenvalue weighted by Gasteiger charge is -2.21. The Labute approximate surface area is 325 Å². The highest BCUT2D eigenvalue weighted by Crippen LogP contribution is 2.45.